The maximum absolute atomic E-state index is 6.57. The molecule has 236 valence electrons. The number of aromatic nitrogens is 3. The highest BCUT2D eigenvalue weighted by atomic mass is 35.5. The third-order valence-electron chi connectivity index (χ3n) is 7.76. The van der Waals surface area contributed by atoms with E-state index in [0.717, 1.165) is 43.3 Å². The minimum atomic E-state index is -1.15. The first-order valence-electron chi connectivity index (χ1n) is 14.5. The Bertz CT molecular complexity index is 1590. The Morgan fingerprint density at radius 2 is 1.71 bits per heavy atom. The second-order valence-corrected chi connectivity index (χ2v) is 12.1. The van der Waals surface area contributed by atoms with Crippen LogP contribution in [0.25, 0.3) is 0 Å². The van der Waals surface area contributed by atoms with Gasteiger partial charge in [0, 0.05) is 60.9 Å². The maximum atomic E-state index is 6.57. The molecule has 14 heteroatoms. The molecule has 2 saturated heterocycles. The van der Waals surface area contributed by atoms with E-state index in [9.17, 15) is 0 Å². The van der Waals surface area contributed by atoms with Gasteiger partial charge in [0.05, 0.1) is 11.6 Å². The summed E-state index contributed by atoms with van der Waals surface area (Å²) in [6.45, 7) is 4.58. The number of hydrogen-bond acceptors (Lipinski definition) is 9. The van der Waals surface area contributed by atoms with Crippen LogP contribution in [0.1, 0.15) is 5.56 Å². The van der Waals surface area contributed by atoms with Gasteiger partial charge < -0.3 is 29.3 Å². The van der Waals surface area contributed by atoms with Crippen molar-refractivity contribution in [1.29, 1.82) is 0 Å². The number of piperazine rings is 1. The van der Waals surface area contributed by atoms with E-state index in [0.29, 0.717) is 33.9 Å². The molecule has 3 heterocycles. The average Bonchev–Trinajstić information content (AvgIpc) is 3.71. The fraction of sp³-hybridized carbons (Fsp3) is 0.323. The molecular formula is C31H34Cl2N8O3S. The third-order valence-corrected chi connectivity index (χ3v) is 8.70. The minimum absolute atomic E-state index is 0.274. The van der Waals surface area contributed by atoms with Gasteiger partial charge in [-0.05, 0) is 72.9 Å². The van der Waals surface area contributed by atoms with Crippen molar-refractivity contribution < 1.29 is 14.2 Å². The number of hydrazine groups is 1. The summed E-state index contributed by atoms with van der Waals surface area (Å²) in [4.78, 5) is 8.81. The van der Waals surface area contributed by atoms with Crippen molar-refractivity contribution in [3.05, 3.63) is 95.0 Å². The van der Waals surface area contributed by atoms with Crippen molar-refractivity contribution in [2.24, 2.45) is 5.84 Å². The zero-order chi connectivity index (χ0) is 31.4. The molecular weight excluding hydrogens is 635 g/mol. The number of nitrogens with two attached hydrogens (primary N) is 1. The second kappa shape index (κ2) is 13.8. The van der Waals surface area contributed by atoms with Crippen LogP contribution in [-0.2, 0) is 21.8 Å². The average molecular weight is 670 g/mol. The molecule has 0 radical (unpaired) electrons. The van der Waals surface area contributed by atoms with Gasteiger partial charge >= 0.3 is 0 Å². The van der Waals surface area contributed by atoms with Crippen molar-refractivity contribution in [1.82, 2.24) is 19.8 Å². The highest BCUT2D eigenvalue weighted by Crippen LogP contribution is 2.40. The zero-order valence-corrected chi connectivity index (χ0v) is 27.0. The summed E-state index contributed by atoms with van der Waals surface area (Å²) < 4.78 is 20.5. The topological polar surface area (TPSA) is 106 Å². The van der Waals surface area contributed by atoms with E-state index in [-0.39, 0.29) is 12.6 Å². The molecule has 2 aliphatic rings. The molecule has 2 aliphatic heterocycles. The first kappa shape index (κ1) is 31.3. The monoisotopic (exact) mass is 668 g/mol. The van der Waals surface area contributed by atoms with Crippen LogP contribution < -0.4 is 25.7 Å². The van der Waals surface area contributed by atoms with Gasteiger partial charge in [0.1, 0.15) is 37.7 Å². The van der Waals surface area contributed by atoms with Crippen molar-refractivity contribution in [3.8, 4) is 5.75 Å². The number of nitrogens with zero attached hydrogens (tertiary/aromatic N) is 6. The summed E-state index contributed by atoms with van der Waals surface area (Å²) in [6.07, 6.45) is 2.75. The lowest BCUT2D eigenvalue weighted by molar-refractivity contribution is -0.190. The lowest BCUT2D eigenvalue weighted by atomic mass is 10.1. The Labute approximate surface area is 277 Å². The van der Waals surface area contributed by atoms with Crippen LogP contribution in [0.5, 0.6) is 5.75 Å². The summed E-state index contributed by atoms with van der Waals surface area (Å²) in [7, 11) is 1.71. The number of anilines is 3. The molecule has 6 rings (SSSR count). The summed E-state index contributed by atoms with van der Waals surface area (Å²) in [5.41, 5.74) is 3.92. The molecule has 0 aliphatic carbocycles. The van der Waals surface area contributed by atoms with E-state index in [1.807, 2.05) is 30.3 Å². The summed E-state index contributed by atoms with van der Waals surface area (Å²) in [6, 6.07) is 21.7. The quantitative estimate of drug-likeness (QED) is 0.146. The fourth-order valence-corrected chi connectivity index (χ4v) is 6.09. The highest BCUT2D eigenvalue weighted by molar-refractivity contribution is 7.80. The van der Waals surface area contributed by atoms with Gasteiger partial charge in [0.2, 0.25) is 5.79 Å². The number of benzene rings is 3. The maximum Gasteiger partial charge on any atom is 0.217 e. The number of hydrogen-bond donors (Lipinski definition) is 2. The van der Waals surface area contributed by atoms with Crippen LogP contribution in [0, 0.1) is 0 Å². The Morgan fingerprint density at radius 3 is 2.31 bits per heavy atom. The summed E-state index contributed by atoms with van der Waals surface area (Å²) >= 11 is 17.9. The number of rotatable bonds is 9. The van der Waals surface area contributed by atoms with Gasteiger partial charge in [-0.3, -0.25) is 5.01 Å². The first-order valence-corrected chi connectivity index (χ1v) is 15.7. The summed E-state index contributed by atoms with van der Waals surface area (Å²) in [5, 5.41) is 10.2. The summed E-state index contributed by atoms with van der Waals surface area (Å²) in [5.74, 6) is 5.29. The lowest BCUT2D eigenvalue weighted by Gasteiger charge is -2.37. The van der Waals surface area contributed by atoms with E-state index in [1.54, 1.807) is 30.2 Å². The molecule has 2 atom stereocenters. The Kier molecular flexibility index (Phi) is 9.59. The largest absolute Gasteiger partial charge is 0.491 e. The molecule has 0 spiro atoms. The molecule has 0 saturated carbocycles. The molecule has 45 heavy (non-hydrogen) atoms. The zero-order valence-electron chi connectivity index (χ0n) is 24.7. The van der Waals surface area contributed by atoms with Crippen molar-refractivity contribution in [2.45, 2.75) is 18.4 Å². The van der Waals surface area contributed by atoms with Crippen LogP contribution in [0.4, 0.5) is 17.1 Å². The van der Waals surface area contributed by atoms with E-state index in [1.165, 1.54) is 17.0 Å². The van der Waals surface area contributed by atoms with E-state index in [4.69, 9.17) is 55.5 Å². The first-order chi connectivity index (χ1) is 21.8. The van der Waals surface area contributed by atoms with E-state index < -0.39 is 5.79 Å². The second-order valence-electron chi connectivity index (χ2n) is 10.9. The fourth-order valence-electron chi connectivity index (χ4n) is 5.41. The molecule has 3 N–H and O–H groups in total. The predicted octanol–water partition coefficient (Wildman–Crippen LogP) is 4.76. The van der Waals surface area contributed by atoms with E-state index in [2.05, 4.69) is 49.5 Å². The van der Waals surface area contributed by atoms with Gasteiger partial charge in [-0.2, -0.15) is 5.10 Å². The third kappa shape index (κ3) is 7.43. The molecule has 1 aromatic heterocycles. The van der Waals surface area contributed by atoms with Crippen LogP contribution in [0.3, 0.4) is 0 Å². The normalized spacial score (nSPS) is 19.9. The lowest BCUT2D eigenvalue weighted by Crippen LogP contribution is -2.46. The Balaban J connectivity index is 1.01. The van der Waals surface area contributed by atoms with Gasteiger partial charge in [0.15, 0.2) is 5.11 Å². The molecule has 0 amide bonds. The predicted molar refractivity (Wildman–Crippen MR) is 180 cm³/mol. The standard InChI is InChI=1S/C31H34Cl2N8O3S/c1-38(34)30(45)37-23-3-5-24(6-4-23)39-12-14-40(15-13-39)25-7-9-26(10-8-25)42-17-27-18-43-31(44-27,19-41-21-35-20-36-41)28-11-2-22(32)16-29(28)33/h2-11,16,20-21,27H,12-15,17-19,34H2,1H3,(H,37,45). The number of halogens is 2. The molecule has 4 aromatic rings. The number of ether oxygens (including phenoxy) is 3. The molecule has 11 nitrogen and oxygen atoms in total. The van der Waals surface area contributed by atoms with Gasteiger partial charge in [-0.15, -0.1) is 0 Å². The van der Waals surface area contributed by atoms with Crippen molar-refractivity contribution in [2.75, 3.05) is 61.6 Å². The van der Waals surface area contributed by atoms with Gasteiger partial charge in [0.25, 0.3) is 0 Å². The smallest absolute Gasteiger partial charge is 0.217 e. The van der Waals surface area contributed by atoms with Gasteiger partial charge in [-0.1, -0.05) is 29.3 Å². The molecule has 3 aromatic carbocycles. The number of nitrogens with one attached hydrogen (secondary N) is 1. The minimum Gasteiger partial charge on any atom is -0.491 e. The highest BCUT2D eigenvalue weighted by Gasteiger charge is 2.45. The molecule has 2 unspecified atom stereocenters. The number of thiocarbonyl (C=S) groups is 1. The van der Waals surface area contributed by atoms with Crippen LogP contribution in [0.2, 0.25) is 10.0 Å². The van der Waals surface area contributed by atoms with Crippen molar-refractivity contribution in [3.63, 3.8) is 0 Å². The Hall–Kier alpha value is -3.65. The molecule has 0 bridgehead atoms. The van der Waals surface area contributed by atoms with Crippen LogP contribution in [0.15, 0.2) is 79.4 Å². The van der Waals surface area contributed by atoms with Gasteiger partial charge in [-0.25, -0.2) is 15.5 Å². The SMILES string of the molecule is CN(N)C(=S)Nc1ccc(N2CCN(c3ccc(OCC4COC(Cn5cncn5)(c5ccc(Cl)cc5Cl)O4)cc3)CC2)cc1. The van der Waals surface area contributed by atoms with E-state index >= 15 is 0 Å². The molecule has 2 fully saturated rings. The van der Waals surface area contributed by atoms with Crippen LogP contribution in [-0.4, -0.2) is 77.4 Å². The van der Waals surface area contributed by atoms with Crippen LogP contribution >= 0.6 is 35.4 Å². The van der Waals surface area contributed by atoms with Crippen molar-refractivity contribution >= 4 is 57.6 Å². The Morgan fingerprint density at radius 1 is 1.04 bits per heavy atom.